The Morgan fingerprint density at radius 2 is 2.10 bits per heavy atom. The Bertz CT molecular complexity index is 264. The molecule has 0 aromatic heterocycles. The second-order valence-corrected chi connectivity index (χ2v) is 6.64. The minimum absolute atomic E-state index is 0.0554. The third kappa shape index (κ3) is 4.44. The standard InChI is InChI=1S/C17H33NO2/c1-3-5-6-7-16(18-10-4-2)15-8-11-20-17(13-15)9-12-19-14-17/h15-16,18H,3-14H2,1-2H3. The van der Waals surface area contributed by atoms with Crippen LogP contribution in [-0.2, 0) is 9.47 Å². The molecular formula is C17H33NO2. The van der Waals surface area contributed by atoms with Crippen molar-refractivity contribution in [1.29, 1.82) is 0 Å². The van der Waals surface area contributed by atoms with Crippen molar-refractivity contribution in [3.05, 3.63) is 0 Å². The number of ether oxygens (including phenoxy) is 2. The van der Waals surface area contributed by atoms with Gasteiger partial charge in [-0.25, -0.2) is 0 Å². The number of nitrogens with one attached hydrogen (secondary N) is 1. The van der Waals surface area contributed by atoms with Gasteiger partial charge >= 0.3 is 0 Å². The van der Waals surface area contributed by atoms with Crippen molar-refractivity contribution in [2.45, 2.75) is 76.9 Å². The summed E-state index contributed by atoms with van der Waals surface area (Å²) in [5, 5.41) is 3.81. The van der Waals surface area contributed by atoms with Crippen LogP contribution in [0.2, 0.25) is 0 Å². The average molecular weight is 283 g/mol. The number of hydrogen-bond donors (Lipinski definition) is 1. The van der Waals surface area contributed by atoms with Crippen LogP contribution >= 0.6 is 0 Å². The molecule has 20 heavy (non-hydrogen) atoms. The molecule has 0 aromatic rings. The molecule has 2 aliphatic heterocycles. The fraction of sp³-hybridized carbons (Fsp3) is 1.00. The molecule has 3 atom stereocenters. The molecule has 3 unspecified atom stereocenters. The lowest BCUT2D eigenvalue weighted by atomic mass is 9.79. The topological polar surface area (TPSA) is 30.5 Å². The number of unbranched alkanes of at least 4 members (excludes halogenated alkanes) is 2. The molecule has 0 radical (unpaired) electrons. The van der Waals surface area contributed by atoms with E-state index < -0.39 is 0 Å². The molecule has 2 fully saturated rings. The van der Waals surface area contributed by atoms with Crippen LogP contribution in [0.4, 0.5) is 0 Å². The van der Waals surface area contributed by atoms with Gasteiger partial charge in [-0.05, 0) is 38.1 Å². The van der Waals surface area contributed by atoms with Gasteiger partial charge in [0.2, 0.25) is 0 Å². The van der Waals surface area contributed by atoms with Crippen LogP contribution in [0.5, 0.6) is 0 Å². The van der Waals surface area contributed by atoms with E-state index in [1.54, 1.807) is 0 Å². The average Bonchev–Trinajstić information content (AvgIpc) is 2.90. The van der Waals surface area contributed by atoms with E-state index in [9.17, 15) is 0 Å². The minimum atomic E-state index is 0.0554. The third-order valence-electron chi connectivity index (χ3n) is 4.94. The molecule has 2 rings (SSSR count). The highest BCUT2D eigenvalue weighted by molar-refractivity contribution is 4.93. The van der Waals surface area contributed by atoms with Gasteiger partial charge in [-0.1, -0.05) is 33.1 Å². The van der Waals surface area contributed by atoms with Crippen LogP contribution < -0.4 is 5.32 Å². The summed E-state index contributed by atoms with van der Waals surface area (Å²) in [4.78, 5) is 0. The fourth-order valence-corrected chi connectivity index (χ4v) is 3.72. The quantitative estimate of drug-likeness (QED) is 0.691. The predicted molar refractivity (Wildman–Crippen MR) is 83.1 cm³/mol. The zero-order valence-electron chi connectivity index (χ0n) is 13.5. The molecule has 1 N–H and O–H groups in total. The maximum absolute atomic E-state index is 6.08. The SMILES string of the molecule is CCCCCC(NCCC)C1CCOC2(CCOC2)C1. The summed E-state index contributed by atoms with van der Waals surface area (Å²) in [5.41, 5.74) is 0.0554. The molecule has 118 valence electrons. The highest BCUT2D eigenvalue weighted by Gasteiger charge is 2.42. The molecular weight excluding hydrogens is 250 g/mol. The minimum Gasteiger partial charge on any atom is -0.378 e. The van der Waals surface area contributed by atoms with Crippen LogP contribution in [0.25, 0.3) is 0 Å². The molecule has 3 nitrogen and oxygen atoms in total. The summed E-state index contributed by atoms with van der Waals surface area (Å²) >= 11 is 0. The maximum Gasteiger partial charge on any atom is 0.0939 e. The van der Waals surface area contributed by atoms with Crippen LogP contribution in [0, 0.1) is 5.92 Å². The fourth-order valence-electron chi connectivity index (χ4n) is 3.72. The van der Waals surface area contributed by atoms with Gasteiger partial charge in [0.15, 0.2) is 0 Å². The third-order valence-corrected chi connectivity index (χ3v) is 4.94. The van der Waals surface area contributed by atoms with E-state index in [2.05, 4.69) is 19.2 Å². The smallest absolute Gasteiger partial charge is 0.0939 e. The molecule has 2 saturated heterocycles. The van der Waals surface area contributed by atoms with Gasteiger partial charge in [0.1, 0.15) is 0 Å². The molecule has 2 heterocycles. The Balaban J connectivity index is 1.88. The van der Waals surface area contributed by atoms with Crippen molar-refractivity contribution in [1.82, 2.24) is 5.32 Å². The van der Waals surface area contributed by atoms with Crippen LogP contribution in [-0.4, -0.2) is 38.0 Å². The van der Waals surface area contributed by atoms with Crippen LogP contribution in [0.1, 0.15) is 65.2 Å². The van der Waals surface area contributed by atoms with Crippen molar-refractivity contribution in [2.75, 3.05) is 26.4 Å². The van der Waals surface area contributed by atoms with E-state index in [4.69, 9.17) is 9.47 Å². The van der Waals surface area contributed by atoms with E-state index in [0.717, 1.165) is 38.7 Å². The zero-order chi connectivity index (χ0) is 14.3. The van der Waals surface area contributed by atoms with Gasteiger partial charge in [-0.2, -0.15) is 0 Å². The van der Waals surface area contributed by atoms with E-state index in [1.807, 2.05) is 0 Å². The monoisotopic (exact) mass is 283 g/mol. The van der Waals surface area contributed by atoms with Gasteiger partial charge < -0.3 is 14.8 Å². The first-order valence-corrected chi connectivity index (χ1v) is 8.75. The summed E-state index contributed by atoms with van der Waals surface area (Å²) in [6, 6.07) is 0.683. The number of hydrogen-bond acceptors (Lipinski definition) is 3. The Morgan fingerprint density at radius 1 is 1.20 bits per heavy atom. The molecule has 0 amide bonds. The Morgan fingerprint density at radius 3 is 2.80 bits per heavy atom. The van der Waals surface area contributed by atoms with Crippen molar-refractivity contribution < 1.29 is 9.47 Å². The Labute approximate surface area is 124 Å². The van der Waals surface area contributed by atoms with Crippen molar-refractivity contribution in [2.24, 2.45) is 5.92 Å². The normalized spacial score (nSPS) is 31.8. The molecule has 3 heteroatoms. The van der Waals surface area contributed by atoms with Crippen LogP contribution in [0.3, 0.4) is 0 Å². The lowest BCUT2D eigenvalue weighted by molar-refractivity contribution is -0.103. The lowest BCUT2D eigenvalue weighted by Gasteiger charge is -2.40. The summed E-state index contributed by atoms with van der Waals surface area (Å²) in [6.07, 6.45) is 10.1. The van der Waals surface area contributed by atoms with Gasteiger partial charge in [0, 0.05) is 25.7 Å². The molecule has 2 aliphatic rings. The zero-order valence-corrected chi connectivity index (χ0v) is 13.5. The van der Waals surface area contributed by atoms with Crippen molar-refractivity contribution in [3.63, 3.8) is 0 Å². The Hall–Kier alpha value is -0.120. The second-order valence-electron chi connectivity index (χ2n) is 6.64. The Kier molecular flexibility index (Phi) is 6.79. The number of rotatable bonds is 8. The summed E-state index contributed by atoms with van der Waals surface area (Å²) in [5.74, 6) is 0.772. The summed E-state index contributed by atoms with van der Waals surface area (Å²) in [6.45, 7) is 8.32. The molecule has 0 saturated carbocycles. The van der Waals surface area contributed by atoms with Crippen molar-refractivity contribution in [3.8, 4) is 0 Å². The van der Waals surface area contributed by atoms with E-state index in [1.165, 1.54) is 44.9 Å². The predicted octanol–water partition coefficient (Wildman–Crippen LogP) is 3.52. The molecule has 1 spiro atoms. The molecule has 0 bridgehead atoms. The first-order valence-electron chi connectivity index (χ1n) is 8.75. The highest BCUT2D eigenvalue weighted by atomic mass is 16.6. The molecule has 0 aromatic carbocycles. The van der Waals surface area contributed by atoms with Crippen LogP contribution in [0.15, 0.2) is 0 Å². The first kappa shape index (κ1) is 16.3. The van der Waals surface area contributed by atoms with Crippen molar-refractivity contribution >= 4 is 0 Å². The van der Waals surface area contributed by atoms with Gasteiger partial charge in [-0.15, -0.1) is 0 Å². The van der Waals surface area contributed by atoms with E-state index in [-0.39, 0.29) is 5.60 Å². The van der Waals surface area contributed by atoms with E-state index in [0.29, 0.717) is 6.04 Å². The molecule has 0 aliphatic carbocycles. The van der Waals surface area contributed by atoms with E-state index >= 15 is 0 Å². The van der Waals surface area contributed by atoms with Gasteiger partial charge in [0.25, 0.3) is 0 Å². The van der Waals surface area contributed by atoms with Gasteiger partial charge in [-0.3, -0.25) is 0 Å². The summed E-state index contributed by atoms with van der Waals surface area (Å²) in [7, 11) is 0. The van der Waals surface area contributed by atoms with Gasteiger partial charge in [0.05, 0.1) is 12.2 Å². The second kappa shape index (κ2) is 8.35. The largest absolute Gasteiger partial charge is 0.378 e. The lowest BCUT2D eigenvalue weighted by Crippen LogP contribution is -2.47. The summed E-state index contributed by atoms with van der Waals surface area (Å²) < 4.78 is 11.7. The first-order chi connectivity index (χ1) is 9.79. The highest BCUT2D eigenvalue weighted by Crippen LogP contribution is 2.37. The maximum atomic E-state index is 6.08.